The van der Waals surface area contributed by atoms with Crippen molar-refractivity contribution in [2.75, 3.05) is 11.9 Å². The van der Waals surface area contributed by atoms with E-state index in [1.807, 2.05) is 17.5 Å². The first-order chi connectivity index (χ1) is 8.75. The molecule has 18 heavy (non-hydrogen) atoms. The predicted molar refractivity (Wildman–Crippen MR) is 69.6 cm³/mol. The fourth-order valence-corrected chi connectivity index (χ4v) is 2.07. The van der Waals surface area contributed by atoms with Gasteiger partial charge in [0.15, 0.2) is 0 Å². The minimum Gasteiger partial charge on any atom is -0.472 e. The van der Waals surface area contributed by atoms with E-state index >= 15 is 0 Å². The number of hydrogen-bond donors (Lipinski definition) is 3. The molecule has 6 heteroatoms. The fraction of sp³-hybridized carbons (Fsp3) is 0.250. The SMILES string of the molecule is O=C(NCC[C@H](O)c1ccoc1)Nc1cccs1. The second kappa shape index (κ2) is 6.23. The van der Waals surface area contributed by atoms with Crippen molar-refractivity contribution in [2.45, 2.75) is 12.5 Å². The van der Waals surface area contributed by atoms with Crippen molar-refractivity contribution in [3.8, 4) is 0 Å². The number of aliphatic hydroxyl groups is 1. The molecule has 2 heterocycles. The van der Waals surface area contributed by atoms with Gasteiger partial charge in [-0.05, 0) is 30.0 Å². The van der Waals surface area contributed by atoms with E-state index in [-0.39, 0.29) is 6.03 Å². The van der Waals surface area contributed by atoms with Gasteiger partial charge >= 0.3 is 6.03 Å². The molecule has 0 aliphatic heterocycles. The van der Waals surface area contributed by atoms with Gasteiger partial charge in [0.1, 0.15) is 0 Å². The van der Waals surface area contributed by atoms with Crippen molar-refractivity contribution >= 4 is 22.4 Å². The summed E-state index contributed by atoms with van der Waals surface area (Å²) in [4.78, 5) is 11.5. The molecule has 0 saturated carbocycles. The molecule has 2 amide bonds. The number of carbonyl (C=O) groups is 1. The lowest BCUT2D eigenvalue weighted by Crippen LogP contribution is -2.29. The van der Waals surface area contributed by atoms with Gasteiger partial charge in [-0.3, -0.25) is 5.32 Å². The smallest absolute Gasteiger partial charge is 0.319 e. The number of nitrogens with one attached hydrogen (secondary N) is 2. The van der Waals surface area contributed by atoms with Crippen molar-refractivity contribution in [3.63, 3.8) is 0 Å². The standard InChI is InChI=1S/C12H14N2O3S/c15-10(9-4-6-17-8-9)3-5-13-12(16)14-11-2-1-7-18-11/h1-2,4,6-8,10,15H,3,5H2,(H2,13,14,16)/t10-/m0/s1. The molecule has 2 rings (SSSR count). The lowest BCUT2D eigenvalue weighted by atomic mass is 10.1. The molecule has 1 atom stereocenters. The van der Waals surface area contributed by atoms with Gasteiger partial charge in [0.05, 0.1) is 23.6 Å². The summed E-state index contributed by atoms with van der Waals surface area (Å²) in [5, 5.41) is 17.8. The van der Waals surface area contributed by atoms with E-state index < -0.39 is 6.10 Å². The van der Waals surface area contributed by atoms with Crippen molar-refractivity contribution < 1.29 is 14.3 Å². The normalized spacial score (nSPS) is 12.1. The molecular weight excluding hydrogens is 252 g/mol. The zero-order chi connectivity index (χ0) is 12.8. The number of thiophene rings is 1. The third-order valence-electron chi connectivity index (χ3n) is 2.39. The van der Waals surface area contributed by atoms with Crippen molar-refractivity contribution in [1.29, 1.82) is 0 Å². The monoisotopic (exact) mass is 266 g/mol. The molecule has 0 radical (unpaired) electrons. The van der Waals surface area contributed by atoms with Gasteiger partial charge in [0, 0.05) is 12.1 Å². The molecule has 3 N–H and O–H groups in total. The number of carbonyl (C=O) groups excluding carboxylic acids is 1. The Hall–Kier alpha value is -1.79. The lowest BCUT2D eigenvalue weighted by Gasteiger charge is -2.09. The second-order valence-corrected chi connectivity index (χ2v) is 4.67. The van der Waals surface area contributed by atoms with Crippen molar-refractivity contribution in [2.24, 2.45) is 0 Å². The molecule has 0 saturated heterocycles. The molecular formula is C12H14N2O3S. The topological polar surface area (TPSA) is 74.5 Å². The third kappa shape index (κ3) is 3.61. The van der Waals surface area contributed by atoms with E-state index in [0.717, 1.165) is 10.6 Å². The van der Waals surface area contributed by atoms with Gasteiger partial charge in [-0.25, -0.2) is 4.79 Å². The predicted octanol–water partition coefficient (Wildman–Crippen LogP) is 2.59. The van der Waals surface area contributed by atoms with E-state index in [4.69, 9.17) is 4.42 Å². The highest BCUT2D eigenvalue weighted by atomic mass is 32.1. The quantitative estimate of drug-likeness (QED) is 0.778. The second-order valence-electron chi connectivity index (χ2n) is 3.72. The summed E-state index contributed by atoms with van der Waals surface area (Å²) in [5.41, 5.74) is 0.718. The van der Waals surface area contributed by atoms with Crippen molar-refractivity contribution in [1.82, 2.24) is 5.32 Å². The van der Waals surface area contributed by atoms with Crippen LogP contribution in [0.2, 0.25) is 0 Å². The highest BCUT2D eigenvalue weighted by Crippen LogP contribution is 2.16. The first-order valence-corrected chi connectivity index (χ1v) is 6.42. The van der Waals surface area contributed by atoms with Gasteiger partial charge in [-0.15, -0.1) is 11.3 Å². The number of anilines is 1. The number of amides is 2. The first kappa shape index (κ1) is 12.7. The summed E-state index contributed by atoms with van der Waals surface area (Å²) in [5.74, 6) is 0. The Balaban J connectivity index is 1.67. The maximum Gasteiger partial charge on any atom is 0.319 e. The third-order valence-corrected chi connectivity index (χ3v) is 3.17. The minimum absolute atomic E-state index is 0.267. The maximum atomic E-state index is 11.5. The number of urea groups is 1. The summed E-state index contributed by atoms with van der Waals surface area (Å²) in [6.07, 6.45) is 2.83. The van der Waals surface area contributed by atoms with E-state index in [2.05, 4.69) is 10.6 Å². The van der Waals surface area contributed by atoms with Gasteiger partial charge in [0.2, 0.25) is 0 Å². The van der Waals surface area contributed by atoms with Crippen LogP contribution < -0.4 is 10.6 Å². The summed E-state index contributed by atoms with van der Waals surface area (Å²) < 4.78 is 4.87. The molecule has 0 aliphatic carbocycles. The number of aliphatic hydroxyl groups excluding tert-OH is 1. The van der Waals surface area contributed by atoms with Crippen LogP contribution in [-0.2, 0) is 0 Å². The Morgan fingerprint density at radius 2 is 2.39 bits per heavy atom. The first-order valence-electron chi connectivity index (χ1n) is 5.54. The highest BCUT2D eigenvalue weighted by Gasteiger charge is 2.09. The zero-order valence-corrected chi connectivity index (χ0v) is 10.4. The maximum absolute atomic E-state index is 11.5. The van der Waals surface area contributed by atoms with E-state index in [9.17, 15) is 9.90 Å². The summed E-state index contributed by atoms with van der Waals surface area (Å²) >= 11 is 1.46. The van der Waals surface area contributed by atoms with Crippen LogP contribution in [0.3, 0.4) is 0 Å². The summed E-state index contributed by atoms with van der Waals surface area (Å²) in [7, 11) is 0. The molecule has 5 nitrogen and oxygen atoms in total. The van der Waals surface area contributed by atoms with Crippen LogP contribution >= 0.6 is 11.3 Å². The van der Waals surface area contributed by atoms with Crippen LogP contribution in [-0.4, -0.2) is 17.7 Å². The molecule has 2 aromatic rings. The Labute approximate surface area is 108 Å². The Kier molecular flexibility index (Phi) is 4.38. The molecule has 0 bridgehead atoms. The summed E-state index contributed by atoms with van der Waals surface area (Å²) in [6, 6.07) is 5.13. The zero-order valence-electron chi connectivity index (χ0n) is 9.63. The van der Waals surface area contributed by atoms with Crippen LogP contribution in [0.1, 0.15) is 18.1 Å². The van der Waals surface area contributed by atoms with E-state index in [0.29, 0.717) is 13.0 Å². The summed E-state index contributed by atoms with van der Waals surface area (Å²) in [6.45, 7) is 0.392. The number of hydrogen-bond acceptors (Lipinski definition) is 4. The van der Waals surface area contributed by atoms with Crippen LogP contribution in [0, 0.1) is 0 Å². The van der Waals surface area contributed by atoms with Gasteiger partial charge in [-0.2, -0.15) is 0 Å². The highest BCUT2D eigenvalue weighted by molar-refractivity contribution is 7.14. The van der Waals surface area contributed by atoms with E-state index in [1.54, 1.807) is 6.07 Å². The molecule has 0 aromatic carbocycles. The minimum atomic E-state index is -0.620. The van der Waals surface area contributed by atoms with Gasteiger partial charge in [0.25, 0.3) is 0 Å². The van der Waals surface area contributed by atoms with E-state index in [1.165, 1.54) is 23.9 Å². The van der Waals surface area contributed by atoms with Crippen LogP contribution in [0.5, 0.6) is 0 Å². The molecule has 0 unspecified atom stereocenters. The Bertz CT molecular complexity index is 467. The molecule has 0 fully saturated rings. The van der Waals surface area contributed by atoms with Crippen LogP contribution in [0.4, 0.5) is 9.80 Å². The average molecular weight is 266 g/mol. The van der Waals surface area contributed by atoms with Crippen LogP contribution in [0.15, 0.2) is 40.5 Å². The number of rotatable bonds is 5. The molecule has 2 aromatic heterocycles. The lowest BCUT2D eigenvalue weighted by molar-refractivity contribution is 0.166. The fourth-order valence-electron chi connectivity index (χ4n) is 1.46. The largest absolute Gasteiger partial charge is 0.472 e. The molecule has 0 spiro atoms. The van der Waals surface area contributed by atoms with Crippen molar-refractivity contribution in [3.05, 3.63) is 41.7 Å². The molecule has 0 aliphatic rings. The van der Waals surface area contributed by atoms with Crippen LogP contribution in [0.25, 0.3) is 0 Å². The Morgan fingerprint density at radius 1 is 1.50 bits per heavy atom. The average Bonchev–Trinajstić information content (AvgIpc) is 3.00. The Morgan fingerprint density at radius 3 is 3.06 bits per heavy atom. The number of furan rings is 1. The molecule has 96 valence electrons. The van der Waals surface area contributed by atoms with Gasteiger partial charge < -0.3 is 14.8 Å². The van der Waals surface area contributed by atoms with Gasteiger partial charge in [-0.1, -0.05) is 0 Å².